The molecule has 0 amide bonds. The smallest absolute Gasteiger partial charge is 0.305 e. The number of carbonyl (C=O) groups excluding carboxylic acids is 1. The van der Waals surface area contributed by atoms with Crippen LogP contribution in [0.1, 0.15) is 49.3 Å². The zero-order chi connectivity index (χ0) is 24.3. The van der Waals surface area contributed by atoms with Crippen LogP contribution in [0.15, 0.2) is 78.4 Å². The van der Waals surface area contributed by atoms with Crippen molar-refractivity contribution in [1.29, 1.82) is 0 Å². The number of nitrogens with zero attached hydrogens (tertiary/aromatic N) is 1. The number of ether oxygens (including phenoxy) is 1. The van der Waals surface area contributed by atoms with Crippen LogP contribution in [0.2, 0.25) is 0 Å². The van der Waals surface area contributed by atoms with E-state index in [9.17, 15) is 4.79 Å². The summed E-state index contributed by atoms with van der Waals surface area (Å²) in [5.74, 6) is -0.0868. The summed E-state index contributed by atoms with van der Waals surface area (Å²) in [5.41, 5.74) is 8.46. The Morgan fingerprint density at radius 2 is 1.47 bits per heavy atom. The summed E-state index contributed by atoms with van der Waals surface area (Å²) in [7, 11) is 6.06. The van der Waals surface area contributed by atoms with E-state index in [-0.39, 0.29) is 5.97 Å². The molecule has 34 heavy (non-hydrogen) atoms. The fourth-order valence-electron chi connectivity index (χ4n) is 4.08. The summed E-state index contributed by atoms with van der Waals surface area (Å²) in [6.45, 7) is 2.31. The Labute approximate surface area is 204 Å². The lowest BCUT2D eigenvalue weighted by Crippen LogP contribution is -2.10. The normalized spacial score (nSPS) is 12.6. The van der Waals surface area contributed by atoms with Crippen molar-refractivity contribution in [3.05, 3.63) is 95.1 Å². The molecule has 0 spiro atoms. The third-order valence-electron chi connectivity index (χ3n) is 6.03. The molecule has 0 fully saturated rings. The van der Waals surface area contributed by atoms with Gasteiger partial charge in [-0.3, -0.25) is 4.79 Å². The number of anilines is 1. The Bertz CT molecular complexity index is 1070. The van der Waals surface area contributed by atoms with Gasteiger partial charge in [0.25, 0.3) is 0 Å². The van der Waals surface area contributed by atoms with Crippen LogP contribution in [0, 0.1) is 0 Å². The molecule has 0 radical (unpaired) electrons. The summed E-state index contributed by atoms with van der Waals surface area (Å²) in [6, 6.07) is 17.5. The van der Waals surface area contributed by atoms with Crippen molar-refractivity contribution in [2.75, 3.05) is 33.1 Å². The molecule has 2 aromatic carbocycles. The SMILES string of the molecule is CCOC(=O)CCCCCc1ccc(C(=C2C=CC(=[N+](C)C)C=C2)c2ccc(NC)cc2)cc1. The van der Waals surface area contributed by atoms with Crippen molar-refractivity contribution < 1.29 is 14.1 Å². The van der Waals surface area contributed by atoms with Crippen LogP contribution in [0.3, 0.4) is 0 Å². The summed E-state index contributed by atoms with van der Waals surface area (Å²) < 4.78 is 7.12. The molecule has 0 bridgehead atoms. The van der Waals surface area contributed by atoms with Crippen LogP contribution < -0.4 is 5.32 Å². The van der Waals surface area contributed by atoms with Crippen LogP contribution in [-0.2, 0) is 16.0 Å². The van der Waals surface area contributed by atoms with Crippen LogP contribution in [0.25, 0.3) is 5.57 Å². The molecule has 4 nitrogen and oxygen atoms in total. The quantitative estimate of drug-likeness (QED) is 0.269. The van der Waals surface area contributed by atoms with Gasteiger partial charge in [-0.25, -0.2) is 4.58 Å². The fourth-order valence-corrected chi connectivity index (χ4v) is 4.08. The van der Waals surface area contributed by atoms with Crippen molar-refractivity contribution in [2.24, 2.45) is 0 Å². The lowest BCUT2D eigenvalue weighted by Gasteiger charge is -2.15. The topological polar surface area (TPSA) is 41.3 Å². The van der Waals surface area contributed by atoms with Gasteiger partial charge in [0.2, 0.25) is 0 Å². The molecular weight excluding hydrogens is 420 g/mol. The van der Waals surface area contributed by atoms with E-state index >= 15 is 0 Å². The van der Waals surface area contributed by atoms with Gasteiger partial charge in [-0.1, -0.05) is 42.8 Å². The average molecular weight is 458 g/mol. The van der Waals surface area contributed by atoms with Crippen molar-refractivity contribution in [2.45, 2.75) is 39.0 Å². The molecule has 0 saturated carbocycles. The summed E-state index contributed by atoms with van der Waals surface area (Å²) in [5, 5.41) is 3.20. The fraction of sp³-hybridized carbons (Fsp3) is 0.333. The molecule has 0 unspecified atom stereocenters. The molecule has 3 rings (SSSR count). The monoisotopic (exact) mass is 457 g/mol. The molecule has 1 N–H and O–H groups in total. The number of esters is 1. The largest absolute Gasteiger partial charge is 0.466 e. The Morgan fingerprint density at radius 1 is 0.853 bits per heavy atom. The minimum absolute atomic E-state index is 0.0868. The number of hydrogen-bond acceptors (Lipinski definition) is 3. The molecule has 1 aliphatic carbocycles. The molecule has 0 atom stereocenters. The summed E-state index contributed by atoms with van der Waals surface area (Å²) >= 11 is 0. The van der Waals surface area contributed by atoms with Crippen LogP contribution >= 0.6 is 0 Å². The molecule has 0 aromatic heterocycles. The van der Waals surface area contributed by atoms with Crippen LogP contribution in [-0.4, -0.2) is 44.0 Å². The van der Waals surface area contributed by atoms with Crippen LogP contribution in [0.4, 0.5) is 5.69 Å². The molecule has 4 heteroatoms. The second-order valence-corrected chi connectivity index (χ2v) is 8.71. The molecule has 178 valence electrons. The maximum atomic E-state index is 11.5. The average Bonchev–Trinajstić information content (AvgIpc) is 2.86. The highest BCUT2D eigenvalue weighted by Gasteiger charge is 2.13. The second kappa shape index (κ2) is 12.7. The highest BCUT2D eigenvalue weighted by molar-refractivity contribution is 6.03. The van der Waals surface area contributed by atoms with Gasteiger partial charge < -0.3 is 10.1 Å². The van der Waals surface area contributed by atoms with E-state index in [1.807, 2.05) is 14.0 Å². The summed E-state index contributed by atoms with van der Waals surface area (Å²) in [4.78, 5) is 11.5. The number of carbonyl (C=O) groups is 1. The van der Waals surface area contributed by atoms with Gasteiger partial charge in [0.1, 0.15) is 14.1 Å². The van der Waals surface area contributed by atoms with Gasteiger partial charge in [0, 0.05) is 31.3 Å². The Hall–Kier alpha value is -3.40. The van der Waals surface area contributed by atoms with E-state index in [0.29, 0.717) is 13.0 Å². The first kappa shape index (κ1) is 25.2. The van der Waals surface area contributed by atoms with E-state index in [1.54, 1.807) is 0 Å². The maximum Gasteiger partial charge on any atom is 0.305 e. The minimum atomic E-state index is -0.0868. The first-order valence-electron chi connectivity index (χ1n) is 12.2. The zero-order valence-electron chi connectivity index (χ0n) is 20.9. The molecule has 0 saturated heterocycles. The molecule has 1 aliphatic rings. The first-order chi connectivity index (χ1) is 16.5. The number of allylic oxidation sites excluding steroid dienone is 5. The van der Waals surface area contributed by atoms with Gasteiger partial charge in [0.15, 0.2) is 5.71 Å². The number of benzene rings is 2. The molecule has 0 heterocycles. The summed E-state index contributed by atoms with van der Waals surface area (Å²) in [6.07, 6.45) is 13.3. The number of rotatable bonds is 10. The van der Waals surface area contributed by atoms with Crippen molar-refractivity contribution in [1.82, 2.24) is 0 Å². The van der Waals surface area contributed by atoms with E-state index in [2.05, 4.69) is 96.8 Å². The maximum absolute atomic E-state index is 11.5. The number of aryl methyl sites for hydroxylation is 1. The first-order valence-corrected chi connectivity index (χ1v) is 12.2. The minimum Gasteiger partial charge on any atom is -0.466 e. The third kappa shape index (κ3) is 7.05. The van der Waals surface area contributed by atoms with E-state index < -0.39 is 0 Å². The van der Waals surface area contributed by atoms with Crippen molar-refractivity contribution in [3.63, 3.8) is 0 Å². The van der Waals surface area contributed by atoms with E-state index in [1.165, 1.54) is 33.5 Å². The zero-order valence-corrected chi connectivity index (χ0v) is 20.9. The predicted molar refractivity (Wildman–Crippen MR) is 143 cm³/mol. The lowest BCUT2D eigenvalue weighted by atomic mass is 9.90. The number of unbranched alkanes of at least 4 members (excludes halogenated alkanes) is 2. The standard InChI is InChI=1S/C30H36N2O2/c1-5-34-29(33)10-8-6-7-9-23-11-13-24(14-12-23)30(25-15-19-27(31-2)20-16-25)26-17-21-28(22-18-26)32(3)4/h11-22H,5-10H2,1-4H3/p+1. The Balaban J connectivity index is 1.76. The van der Waals surface area contributed by atoms with E-state index in [4.69, 9.17) is 4.74 Å². The van der Waals surface area contributed by atoms with E-state index in [0.717, 1.165) is 31.4 Å². The third-order valence-corrected chi connectivity index (χ3v) is 6.03. The van der Waals surface area contributed by atoms with Gasteiger partial charge in [0.05, 0.1) is 6.61 Å². The van der Waals surface area contributed by atoms with Gasteiger partial charge in [-0.2, -0.15) is 0 Å². The molecule has 2 aromatic rings. The van der Waals surface area contributed by atoms with Gasteiger partial charge in [-0.05, 0) is 78.3 Å². The molecular formula is C30H37N2O2+. The van der Waals surface area contributed by atoms with Gasteiger partial charge in [-0.15, -0.1) is 0 Å². The predicted octanol–water partition coefficient (Wildman–Crippen LogP) is 6.04. The molecule has 0 aliphatic heterocycles. The number of nitrogens with one attached hydrogen (secondary N) is 1. The highest BCUT2D eigenvalue weighted by atomic mass is 16.5. The van der Waals surface area contributed by atoms with Crippen LogP contribution in [0.5, 0.6) is 0 Å². The van der Waals surface area contributed by atoms with Gasteiger partial charge >= 0.3 is 5.97 Å². The second-order valence-electron chi connectivity index (χ2n) is 8.71. The Morgan fingerprint density at radius 3 is 2.03 bits per heavy atom. The van der Waals surface area contributed by atoms with Crippen molar-refractivity contribution >= 4 is 22.9 Å². The lowest BCUT2D eigenvalue weighted by molar-refractivity contribution is -0.462. The van der Waals surface area contributed by atoms with Crippen molar-refractivity contribution in [3.8, 4) is 0 Å². The Kier molecular flexibility index (Phi) is 9.45. The number of hydrogen-bond donors (Lipinski definition) is 1. The highest BCUT2D eigenvalue weighted by Crippen LogP contribution is 2.31.